The van der Waals surface area contributed by atoms with Gasteiger partial charge in [-0.25, -0.2) is 0 Å². The normalized spacial score (nSPS) is 56.5. The number of hydrogen-bond acceptors (Lipinski definition) is 2. The number of rotatable bonds is 0. The van der Waals surface area contributed by atoms with Gasteiger partial charge >= 0.3 is 0 Å². The van der Waals surface area contributed by atoms with Gasteiger partial charge in [0.2, 0.25) is 0 Å². The van der Waals surface area contributed by atoms with Crippen LogP contribution in [0.1, 0.15) is 71.6 Å². The van der Waals surface area contributed by atoms with Crippen LogP contribution in [0.3, 0.4) is 0 Å². The maximum atomic E-state index is 10.8. The van der Waals surface area contributed by atoms with Crippen LogP contribution in [0.2, 0.25) is 0 Å². The molecule has 0 spiro atoms. The summed E-state index contributed by atoms with van der Waals surface area (Å²) in [5.41, 5.74) is -0.382. The summed E-state index contributed by atoms with van der Waals surface area (Å²) >= 11 is 5.59. The highest BCUT2D eigenvalue weighted by Crippen LogP contribution is 2.66. The first-order valence-corrected chi connectivity index (χ1v) is 10.2. The SMILES string of the molecule is C[C@@]12CC[C@H]3[C@@H](CC[C@H]4C[C@@](O)(C#CCl)CC[C@]43C)[C@H]1CC[C@@H]2O. The molecule has 0 radical (unpaired) electrons. The Kier molecular flexibility index (Phi) is 4.04. The minimum atomic E-state index is -0.870. The minimum Gasteiger partial charge on any atom is -0.393 e. The van der Waals surface area contributed by atoms with Gasteiger partial charge < -0.3 is 10.2 Å². The van der Waals surface area contributed by atoms with Gasteiger partial charge in [-0.05, 0) is 104 Å². The molecule has 24 heavy (non-hydrogen) atoms. The van der Waals surface area contributed by atoms with Crippen LogP contribution in [-0.4, -0.2) is 21.9 Å². The van der Waals surface area contributed by atoms with Crippen LogP contribution >= 0.6 is 11.6 Å². The Labute approximate surface area is 151 Å². The molecule has 134 valence electrons. The lowest BCUT2D eigenvalue weighted by atomic mass is 9.44. The summed E-state index contributed by atoms with van der Waals surface area (Å²) < 4.78 is 0. The summed E-state index contributed by atoms with van der Waals surface area (Å²) in [4.78, 5) is 0. The van der Waals surface area contributed by atoms with E-state index in [4.69, 9.17) is 11.6 Å². The summed E-state index contributed by atoms with van der Waals surface area (Å²) in [5, 5.41) is 23.7. The Hall–Kier alpha value is -0.230. The van der Waals surface area contributed by atoms with Crippen molar-refractivity contribution in [2.75, 3.05) is 0 Å². The Morgan fingerprint density at radius 3 is 2.42 bits per heavy atom. The predicted molar refractivity (Wildman–Crippen MR) is 96.3 cm³/mol. The van der Waals surface area contributed by atoms with Gasteiger partial charge in [-0.15, -0.1) is 0 Å². The molecule has 0 amide bonds. The summed E-state index contributed by atoms with van der Waals surface area (Å²) in [7, 11) is 0. The molecule has 2 N–H and O–H groups in total. The smallest absolute Gasteiger partial charge is 0.127 e. The maximum absolute atomic E-state index is 10.8. The third kappa shape index (κ3) is 2.31. The van der Waals surface area contributed by atoms with E-state index in [0.717, 1.165) is 37.5 Å². The molecule has 2 nitrogen and oxygen atoms in total. The molecule has 0 aromatic rings. The summed E-state index contributed by atoms with van der Waals surface area (Å²) in [6, 6.07) is 0. The van der Waals surface area contributed by atoms with E-state index in [-0.39, 0.29) is 11.5 Å². The molecule has 4 aliphatic carbocycles. The second-order valence-electron chi connectivity index (χ2n) is 9.75. The second-order valence-corrected chi connectivity index (χ2v) is 9.94. The molecule has 4 fully saturated rings. The Morgan fingerprint density at radius 2 is 1.67 bits per heavy atom. The van der Waals surface area contributed by atoms with Crippen molar-refractivity contribution < 1.29 is 10.2 Å². The highest BCUT2D eigenvalue weighted by atomic mass is 35.5. The second kappa shape index (κ2) is 5.63. The highest BCUT2D eigenvalue weighted by Gasteiger charge is 2.61. The van der Waals surface area contributed by atoms with Crippen molar-refractivity contribution in [3.8, 4) is 11.3 Å². The Morgan fingerprint density at radius 1 is 0.917 bits per heavy atom. The van der Waals surface area contributed by atoms with Crippen molar-refractivity contribution in [2.45, 2.75) is 83.3 Å². The van der Waals surface area contributed by atoms with E-state index in [0.29, 0.717) is 17.3 Å². The van der Waals surface area contributed by atoms with Crippen molar-refractivity contribution in [2.24, 2.45) is 34.5 Å². The van der Waals surface area contributed by atoms with Crippen LogP contribution in [0.15, 0.2) is 0 Å². The monoisotopic (exact) mass is 350 g/mol. The van der Waals surface area contributed by atoms with Crippen LogP contribution < -0.4 is 0 Å². The van der Waals surface area contributed by atoms with E-state index in [1.165, 1.54) is 32.1 Å². The molecular weight excluding hydrogens is 320 g/mol. The van der Waals surface area contributed by atoms with Gasteiger partial charge in [-0.2, -0.15) is 0 Å². The van der Waals surface area contributed by atoms with Crippen molar-refractivity contribution in [3.05, 3.63) is 0 Å². The van der Waals surface area contributed by atoms with E-state index in [1.807, 2.05) is 0 Å². The van der Waals surface area contributed by atoms with Gasteiger partial charge in [0, 0.05) is 5.38 Å². The van der Waals surface area contributed by atoms with Gasteiger partial charge in [0.15, 0.2) is 0 Å². The van der Waals surface area contributed by atoms with Crippen LogP contribution in [-0.2, 0) is 0 Å². The van der Waals surface area contributed by atoms with Gasteiger partial charge in [-0.1, -0.05) is 19.8 Å². The van der Waals surface area contributed by atoms with Crippen LogP contribution in [0.25, 0.3) is 0 Å². The lowest BCUT2D eigenvalue weighted by Crippen LogP contribution is -2.56. The molecule has 8 atom stereocenters. The van der Waals surface area contributed by atoms with Gasteiger partial charge in [0.1, 0.15) is 5.60 Å². The lowest BCUT2D eigenvalue weighted by molar-refractivity contribution is -0.143. The highest BCUT2D eigenvalue weighted by molar-refractivity contribution is 6.30. The van der Waals surface area contributed by atoms with Gasteiger partial charge in [-0.3, -0.25) is 0 Å². The molecule has 0 heterocycles. The molecule has 4 rings (SSSR count). The van der Waals surface area contributed by atoms with Crippen molar-refractivity contribution in [1.29, 1.82) is 0 Å². The number of aliphatic hydroxyl groups excluding tert-OH is 1. The van der Waals surface area contributed by atoms with E-state index >= 15 is 0 Å². The fourth-order valence-corrected chi connectivity index (χ4v) is 7.60. The average molecular weight is 351 g/mol. The fraction of sp³-hybridized carbons (Fsp3) is 0.905. The van der Waals surface area contributed by atoms with Crippen molar-refractivity contribution in [3.63, 3.8) is 0 Å². The molecule has 0 aliphatic heterocycles. The Balaban J connectivity index is 1.60. The summed E-state index contributed by atoms with van der Waals surface area (Å²) in [6.45, 7) is 4.83. The van der Waals surface area contributed by atoms with Gasteiger partial charge in [0.05, 0.1) is 6.10 Å². The lowest BCUT2D eigenvalue weighted by Gasteiger charge is -2.61. The summed E-state index contributed by atoms with van der Waals surface area (Å²) in [5.74, 6) is 5.66. The standard InChI is InChI=1S/C21H31ClO2/c1-19-9-10-21(24,11-12-22)13-14(19)3-4-15-16-5-6-18(23)20(16,2)8-7-17(15)19/h14-18,23-24H,3-10,13H2,1-2H3/t14-,15-,16+,17-,18-,19+,20+,21-/m0/s1. The Bertz CT molecular complexity index is 580. The zero-order valence-electron chi connectivity index (χ0n) is 15.0. The molecule has 0 aromatic carbocycles. The van der Waals surface area contributed by atoms with E-state index in [1.54, 1.807) is 0 Å². The summed E-state index contributed by atoms with van der Waals surface area (Å²) in [6.07, 6.45) is 9.61. The topological polar surface area (TPSA) is 40.5 Å². The zero-order chi connectivity index (χ0) is 17.2. The third-order valence-corrected chi connectivity index (χ3v) is 9.05. The maximum Gasteiger partial charge on any atom is 0.127 e. The predicted octanol–water partition coefficient (Wildman–Crippen LogP) is 4.32. The molecular formula is C21H31ClO2. The van der Waals surface area contributed by atoms with Crippen LogP contribution in [0.4, 0.5) is 0 Å². The first-order valence-electron chi connectivity index (χ1n) is 9.86. The van der Waals surface area contributed by atoms with Crippen molar-refractivity contribution in [1.82, 2.24) is 0 Å². The first-order chi connectivity index (χ1) is 11.3. The fourth-order valence-electron chi connectivity index (χ4n) is 7.42. The van der Waals surface area contributed by atoms with E-state index in [9.17, 15) is 10.2 Å². The molecule has 0 unspecified atom stereocenters. The largest absolute Gasteiger partial charge is 0.393 e. The van der Waals surface area contributed by atoms with Crippen LogP contribution in [0.5, 0.6) is 0 Å². The van der Waals surface area contributed by atoms with E-state index < -0.39 is 5.60 Å². The number of fused-ring (bicyclic) bond motifs is 5. The molecule has 0 saturated heterocycles. The first kappa shape index (κ1) is 17.2. The molecule has 4 aliphatic rings. The quantitative estimate of drug-likeness (QED) is 0.639. The average Bonchev–Trinajstić information content (AvgIpc) is 2.84. The molecule has 0 aromatic heterocycles. The molecule has 3 heteroatoms. The number of aliphatic hydroxyl groups is 2. The van der Waals surface area contributed by atoms with Crippen molar-refractivity contribution >= 4 is 11.6 Å². The van der Waals surface area contributed by atoms with E-state index in [2.05, 4.69) is 25.1 Å². The van der Waals surface area contributed by atoms with Gasteiger partial charge in [0.25, 0.3) is 0 Å². The minimum absolute atomic E-state index is 0.0931. The third-order valence-electron chi connectivity index (χ3n) is 8.96. The zero-order valence-corrected chi connectivity index (χ0v) is 15.8. The van der Waals surface area contributed by atoms with Crippen LogP contribution in [0, 0.1) is 45.8 Å². The molecule has 4 saturated carbocycles. The number of halogens is 1. The molecule has 0 bridgehead atoms. The number of hydrogen-bond donors (Lipinski definition) is 2.